The van der Waals surface area contributed by atoms with Crippen molar-refractivity contribution in [1.29, 1.82) is 0 Å². The average molecular weight is 1010 g/mol. The monoisotopic (exact) mass is 1000 g/mol. The highest BCUT2D eigenvalue weighted by Gasteiger charge is 2.76. The van der Waals surface area contributed by atoms with Gasteiger partial charge in [0, 0.05) is 60.5 Å². The maximum atomic E-state index is 17.7. The summed E-state index contributed by atoms with van der Waals surface area (Å²) in [6.07, 6.45) is -0.732. The number of fused-ring (bicyclic) bond motifs is 5. The van der Waals surface area contributed by atoms with Gasteiger partial charge in [0.25, 0.3) is 0 Å². The summed E-state index contributed by atoms with van der Waals surface area (Å²) in [4.78, 5) is 62.7. The van der Waals surface area contributed by atoms with Gasteiger partial charge >= 0.3 is 5.97 Å². The van der Waals surface area contributed by atoms with Gasteiger partial charge in [0.2, 0.25) is 0 Å². The molecule has 0 amide bonds. The Balaban J connectivity index is 1.26. The summed E-state index contributed by atoms with van der Waals surface area (Å²) in [6.45, 7) is 18.1. The van der Waals surface area contributed by atoms with Crippen molar-refractivity contribution in [3.63, 3.8) is 0 Å². The molecular formula is C54H85FN2O14. The van der Waals surface area contributed by atoms with Crippen LogP contribution in [0.5, 0.6) is 0 Å². The molecule has 6 aliphatic rings. The molecule has 5 N–H and O–H groups in total. The average Bonchev–Trinajstić information content (AvgIpc) is 3.51. The Bertz CT molecular complexity index is 2100. The number of aliphatic hydroxyl groups is 5. The molecule has 0 bridgehead atoms. The number of aliphatic hydroxyl groups excluding tert-OH is 3. The van der Waals surface area contributed by atoms with E-state index in [1.807, 2.05) is 38.9 Å². The molecule has 3 unspecified atom stereocenters. The molecule has 402 valence electrons. The Hall–Kier alpha value is -3.00. The van der Waals surface area contributed by atoms with Gasteiger partial charge in [-0.25, -0.2) is 9.18 Å². The summed E-state index contributed by atoms with van der Waals surface area (Å²) < 4.78 is 42.7. The highest BCUT2D eigenvalue weighted by Crippen LogP contribution is 2.70. The van der Waals surface area contributed by atoms with E-state index < -0.39 is 129 Å². The van der Waals surface area contributed by atoms with E-state index in [1.54, 1.807) is 54.5 Å². The zero-order chi connectivity index (χ0) is 53.1. The third kappa shape index (κ3) is 9.68. The zero-order valence-electron chi connectivity index (χ0n) is 44.6. The smallest absolute Gasteiger partial charge is 0.339 e. The molecule has 16 nitrogen and oxygen atoms in total. The van der Waals surface area contributed by atoms with Crippen molar-refractivity contribution in [3.8, 4) is 0 Å². The topological polar surface area (TPSA) is 231 Å². The highest BCUT2D eigenvalue weighted by atomic mass is 19.1. The molecule has 0 aromatic rings. The van der Waals surface area contributed by atoms with Crippen LogP contribution in [0.15, 0.2) is 29.0 Å². The number of carbonyl (C=O) groups is 4. The Morgan fingerprint density at radius 3 is 2.23 bits per heavy atom. The molecule has 1 aliphatic heterocycles. The van der Waals surface area contributed by atoms with Crippen LogP contribution in [-0.4, -0.2) is 159 Å². The van der Waals surface area contributed by atoms with Crippen LogP contribution < -0.4 is 0 Å². The van der Waals surface area contributed by atoms with Crippen LogP contribution in [0.3, 0.4) is 0 Å². The lowest BCUT2D eigenvalue weighted by Gasteiger charge is -2.61. The Labute approximate surface area is 420 Å². The SMILES string of the molecule is CC[C@H]1CC(=O)[C@H](C)C(=O)[C@H](C)C(O[C@@H]2O[C@H](C)C[C@@H](N(C)C)[C@H]2O)[C@](C)(OC)C[C@@H](C)C(=NOCCOC(=O)[C@@]2(O)[C@H](C)CC3C4CC=C5CC(=O)C=C[C@]5(C)[C@@]4(F)[C@@H](O)C[C@@]32C)[C@H](C)[C@@H](O)[C@]1(C)O. The van der Waals surface area contributed by atoms with Gasteiger partial charge in [0.05, 0.1) is 47.2 Å². The Morgan fingerprint density at radius 2 is 1.61 bits per heavy atom. The second-order valence-electron chi connectivity index (χ2n) is 23.5. The molecule has 71 heavy (non-hydrogen) atoms. The van der Waals surface area contributed by atoms with E-state index in [1.165, 1.54) is 27.0 Å². The number of oxime groups is 1. The minimum Gasteiger partial charge on any atom is -0.460 e. The van der Waals surface area contributed by atoms with Crippen molar-refractivity contribution in [2.75, 3.05) is 34.4 Å². The number of ether oxygens (including phenoxy) is 4. The predicted molar refractivity (Wildman–Crippen MR) is 261 cm³/mol. The van der Waals surface area contributed by atoms with E-state index >= 15 is 4.39 Å². The molecule has 0 radical (unpaired) electrons. The van der Waals surface area contributed by atoms with E-state index in [-0.39, 0.29) is 69.0 Å². The zero-order valence-corrected chi connectivity index (χ0v) is 44.6. The number of carbonyl (C=O) groups excluding carboxylic acids is 4. The number of hydrogen-bond donors (Lipinski definition) is 5. The number of alkyl halides is 1. The van der Waals surface area contributed by atoms with Crippen molar-refractivity contribution < 1.29 is 72.9 Å². The first-order valence-corrected chi connectivity index (χ1v) is 26.0. The maximum Gasteiger partial charge on any atom is 0.339 e. The summed E-state index contributed by atoms with van der Waals surface area (Å²) >= 11 is 0. The number of halogens is 1. The first kappa shape index (κ1) is 57.3. The third-order valence-electron chi connectivity index (χ3n) is 19.0. The van der Waals surface area contributed by atoms with Crippen molar-refractivity contribution in [2.24, 2.45) is 63.3 Å². The standard InChI is InChI=1S/C54H85FN2O14/c1-15-34-25-40(59)31(5)43(61)33(7)46(71-47-44(62)39(57(12)13)23-30(4)70-47)51(10,67-14)26-28(2)42(32(6)45(63)52(34,11)65)56-69-21-20-68-48(64)54(66)29(3)22-38-37-17-16-35-24-36(58)18-19-49(35,8)53(37,55)41(60)27-50(38,54)9/h16,18-19,28-34,37-39,41,44-47,60,62-63,65-66H,15,17,20-27H2,1-14H3/t28-,29-,30-,31+,32+,33+,34+,37?,38?,39-,41+,44-,45-,46?,47+,49+,50+,51-,52-,53+,54+/m1/s1. The quantitative estimate of drug-likeness (QED) is 0.0632. The fourth-order valence-corrected chi connectivity index (χ4v) is 14.3. The number of Topliss-reactive ketones (excluding diaryl/α,β-unsaturated/α-hetero) is 2. The molecule has 1 heterocycles. The Kier molecular flexibility index (Phi) is 16.9. The molecule has 21 atom stereocenters. The number of allylic oxidation sites excluding steroid dienone is 4. The van der Waals surface area contributed by atoms with Crippen LogP contribution >= 0.6 is 0 Å². The Morgan fingerprint density at radius 1 is 0.944 bits per heavy atom. The number of esters is 1. The largest absolute Gasteiger partial charge is 0.460 e. The van der Waals surface area contributed by atoms with Gasteiger partial charge in [-0.3, -0.25) is 14.4 Å². The lowest BCUT2D eigenvalue weighted by atomic mass is 9.45. The van der Waals surface area contributed by atoms with Crippen molar-refractivity contribution in [1.82, 2.24) is 4.90 Å². The number of nitrogens with zero attached hydrogens (tertiary/aromatic N) is 2. The minimum atomic E-state index is -2.14. The second-order valence-corrected chi connectivity index (χ2v) is 23.5. The number of rotatable bonds is 10. The molecule has 6 rings (SSSR count). The predicted octanol–water partition coefficient (Wildman–Crippen LogP) is 5.08. The highest BCUT2D eigenvalue weighted by molar-refractivity contribution is 6.03. The minimum absolute atomic E-state index is 0.0725. The van der Waals surface area contributed by atoms with Gasteiger partial charge in [0.1, 0.15) is 24.3 Å². The van der Waals surface area contributed by atoms with Crippen molar-refractivity contribution in [2.45, 2.75) is 193 Å². The molecule has 3 saturated carbocycles. The summed E-state index contributed by atoms with van der Waals surface area (Å²) in [6, 6.07) is -0.325. The number of likely N-dealkylation sites (N-methyl/N-ethyl adjacent to an activating group) is 1. The first-order chi connectivity index (χ1) is 32.9. The molecule has 1 saturated heterocycles. The summed E-state index contributed by atoms with van der Waals surface area (Å²) in [5.41, 5.74) is -8.98. The summed E-state index contributed by atoms with van der Waals surface area (Å²) in [5.74, 6) is -8.14. The van der Waals surface area contributed by atoms with Crippen LogP contribution in [0, 0.1) is 58.2 Å². The lowest BCUT2D eigenvalue weighted by Crippen LogP contribution is -2.69. The van der Waals surface area contributed by atoms with Crippen LogP contribution in [0.1, 0.15) is 128 Å². The van der Waals surface area contributed by atoms with Gasteiger partial charge in [0.15, 0.2) is 29.9 Å². The fraction of sp³-hybridized carbons (Fsp3) is 0.833. The second kappa shape index (κ2) is 21.0. The lowest BCUT2D eigenvalue weighted by molar-refractivity contribution is -0.295. The van der Waals surface area contributed by atoms with Gasteiger partial charge in [-0.15, -0.1) is 0 Å². The summed E-state index contributed by atoms with van der Waals surface area (Å²) in [5, 5.41) is 64.5. The van der Waals surface area contributed by atoms with Crippen LogP contribution in [-0.2, 0) is 43.0 Å². The molecular weight excluding hydrogens is 920 g/mol. The van der Waals surface area contributed by atoms with E-state index in [4.69, 9.17) is 23.8 Å². The number of methoxy groups -OCH3 is 1. The molecule has 0 aromatic heterocycles. The van der Waals surface area contributed by atoms with Crippen LogP contribution in [0.4, 0.5) is 4.39 Å². The van der Waals surface area contributed by atoms with Crippen molar-refractivity contribution in [3.05, 3.63) is 23.8 Å². The van der Waals surface area contributed by atoms with Gasteiger partial charge in [-0.05, 0) is 105 Å². The fourth-order valence-electron chi connectivity index (χ4n) is 14.3. The molecule has 0 aromatic carbocycles. The first-order valence-electron chi connectivity index (χ1n) is 26.0. The van der Waals surface area contributed by atoms with Gasteiger partial charge in [-0.1, -0.05) is 70.8 Å². The normalized spacial score (nSPS) is 48.4. The number of ketones is 3. The van der Waals surface area contributed by atoms with E-state index in [9.17, 15) is 44.7 Å². The van der Waals surface area contributed by atoms with Crippen LogP contribution in [0.2, 0.25) is 0 Å². The van der Waals surface area contributed by atoms with Gasteiger partial charge < -0.3 is 54.2 Å². The molecule has 5 aliphatic carbocycles. The summed E-state index contributed by atoms with van der Waals surface area (Å²) in [7, 11) is 5.18. The van der Waals surface area contributed by atoms with Gasteiger partial charge in [-0.2, -0.15) is 0 Å². The van der Waals surface area contributed by atoms with E-state index in [0.29, 0.717) is 24.8 Å². The molecule has 0 spiro atoms. The van der Waals surface area contributed by atoms with Crippen molar-refractivity contribution >= 4 is 29.0 Å². The van der Waals surface area contributed by atoms with Crippen LogP contribution in [0.25, 0.3) is 0 Å². The number of hydrogen-bond acceptors (Lipinski definition) is 16. The third-order valence-corrected chi connectivity index (χ3v) is 19.0. The van der Waals surface area contributed by atoms with E-state index in [2.05, 4.69) is 5.16 Å². The maximum absolute atomic E-state index is 17.7. The van der Waals surface area contributed by atoms with E-state index in [0.717, 1.165) is 0 Å². The molecule has 17 heteroatoms. The molecule has 4 fully saturated rings.